The van der Waals surface area contributed by atoms with Gasteiger partial charge >= 0.3 is 0 Å². The lowest BCUT2D eigenvalue weighted by atomic mass is 10.1. The van der Waals surface area contributed by atoms with Crippen molar-refractivity contribution in [1.29, 1.82) is 0 Å². The molecule has 0 heterocycles. The van der Waals surface area contributed by atoms with Gasteiger partial charge in [-0.15, -0.1) is 0 Å². The fourth-order valence-corrected chi connectivity index (χ4v) is 2.51. The minimum Gasteiger partial charge on any atom is -0.462 e. The Balaban J connectivity index is -0.0000000709. The summed E-state index contributed by atoms with van der Waals surface area (Å²) in [6, 6.07) is -1.59. The highest BCUT2D eigenvalue weighted by Gasteiger charge is 2.31. The number of ketones is 1. The van der Waals surface area contributed by atoms with Crippen LogP contribution in [-0.4, -0.2) is 72.7 Å². The SMILES string of the molecule is CC.CC.CC.CC.CC.CC(C)(C)OC=O.CCC.CCC(C)C.CCC(NC(=O)C(CC)N(CC)C(=O)CNC)C(=O)C(=O)NP. The summed E-state index contributed by atoms with van der Waals surface area (Å²) in [4.78, 5) is 58.9. The van der Waals surface area contributed by atoms with Gasteiger partial charge in [-0.05, 0) is 62.9 Å². The molecule has 0 bridgehead atoms. The summed E-state index contributed by atoms with van der Waals surface area (Å²) < 4.78 is 4.55. The molecule has 0 aliphatic heterocycles. The van der Waals surface area contributed by atoms with Gasteiger partial charge in [0.05, 0.1) is 12.6 Å². The van der Waals surface area contributed by atoms with Crippen LogP contribution in [-0.2, 0) is 28.7 Å². The summed E-state index contributed by atoms with van der Waals surface area (Å²) >= 11 is 0. The molecule has 48 heavy (non-hydrogen) atoms. The number of likely N-dealkylation sites (N-methyl/N-ethyl adjacent to an activating group) is 2. The first-order valence-electron chi connectivity index (χ1n) is 18.5. The fourth-order valence-electron chi connectivity index (χ4n) is 2.37. The minimum absolute atomic E-state index is 0.128. The van der Waals surface area contributed by atoms with Gasteiger partial charge in [0.2, 0.25) is 17.6 Å². The smallest absolute Gasteiger partial charge is 0.293 e. The molecular weight excluding hydrogens is 627 g/mol. The minimum atomic E-state index is -0.907. The van der Waals surface area contributed by atoms with E-state index in [2.05, 4.69) is 55.1 Å². The molecule has 0 aliphatic carbocycles. The van der Waals surface area contributed by atoms with Crippen LogP contribution in [0, 0.1) is 5.92 Å². The lowest BCUT2D eigenvalue weighted by Crippen LogP contribution is -2.55. The number of ether oxygens (including phenoxy) is 1. The summed E-state index contributed by atoms with van der Waals surface area (Å²) in [6.07, 6.45) is 3.26. The number of nitrogens with one attached hydrogen (secondary N) is 3. The van der Waals surface area contributed by atoms with Crippen molar-refractivity contribution in [2.24, 2.45) is 5.92 Å². The lowest BCUT2D eigenvalue weighted by Gasteiger charge is -2.30. The van der Waals surface area contributed by atoms with E-state index in [4.69, 9.17) is 0 Å². The van der Waals surface area contributed by atoms with Crippen molar-refractivity contribution in [1.82, 2.24) is 20.6 Å². The van der Waals surface area contributed by atoms with Crippen LogP contribution in [0.1, 0.15) is 171 Å². The number of hydrogen-bond donors (Lipinski definition) is 3. The zero-order chi connectivity index (χ0) is 40.9. The number of nitrogens with zero attached hydrogens (tertiary/aromatic N) is 1. The van der Waals surface area contributed by atoms with Crippen LogP contribution in [0.2, 0.25) is 0 Å². The summed E-state index contributed by atoms with van der Waals surface area (Å²) in [7, 11) is 3.61. The molecule has 11 heteroatoms. The van der Waals surface area contributed by atoms with Crippen molar-refractivity contribution in [3.05, 3.63) is 0 Å². The highest BCUT2D eigenvalue weighted by molar-refractivity contribution is 7.15. The molecule has 0 saturated heterocycles. The predicted octanol–water partition coefficient (Wildman–Crippen LogP) is 8.76. The molecule has 0 rings (SSSR count). The molecule has 0 aromatic heterocycles. The van der Waals surface area contributed by atoms with Gasteiger partial charge in [0.25, 0.3) is 12.4 Å². The molecule has 0 saturated carbocycles. The fraction of sp³-hybridized carbons (Fsp3) is 0.865. The molecule has 0 fully saturated rings. The van der Waals surface area contributed by atoms with Crippen LogP contribution in [0.15, 0.2) is 0 Å². The van der Waals surface area contributed by atoms with Gasteiger partial charge in [0, 0.05) is 6.54 Å². The first kappa shape index (κ1) is 68.0. The quantitative estimate of drug-likeness (QED) is 0.105. The third-order valence-corrected chi connectivity index (χ3v) is 4.93. The van der Waals surface area contributed by atoms with Gasteiger partial charge in [0.15, 0.2) is 0 Å². The van der Waals surface area contributed by atoms with Crippen LogP contribution in [0.4, 0.5) is 0 Å². The van der Waals surface area contributed by atoms with Crippen molar-refractivity contribution < 1.29 is 28.7 Å². The van der Waals surface area contributed by atoms with E-state index in [9.17, 15) is 24.0 Å². The molecule has 0 spiro atoms. The van der Waals surface area contributed by atoms with Crippen molar-refractivity contribution in [2.45, 2.75) is 189 Å². The van der Waals surface area contributed by atoms with Gasteiger partial charge in [-0.25, -0.2) is 0 Å². The Hall–Kier alpha value is -2.06. The number of carbonyl (C=O) groups is 5. The maximum Gasteiger partial charge on any atom is 0.293 e. The maximum atomic E-state index is 12.5. The second kappa shape index (κ2) is 57.2. The van der Waals surface area contributed by atoms with Gasteiger partial charge < -0.3 is 25.4 Å². The molecule has 0 radical (unpaired) electrons. The summed E-state index contributed by atoms with van der Waals surface area (Å²) in [6.45, 7) is 42.6. The average molecular weight is 715 g/mol. The second-order valence-corrected chi connectivity index (χ2v) is 10.1. The Bertz CT molecular complexity index is 658. The van der Waals surface area contributed by atoms with Gasteiger partial charge in [-0.3, -0.25) is 24.0 Å². The Labute approximate surface area is 303 Å². The van der Waals surface area contributed by atoms with E-state index >= 15 is 0 Å². The van der Waals surface area contributed by atoms with E-state index in [0.29, 0.717) is 19.4 Å². The van der Waals surface area contributed by atoms with Crippen molar-refractivity contribution in [2.75, 3.05) is 20.1 Å². The topological polar surface area (TPSA) is 134 Å². The number of hydrogen-bond acceptors (Lipinski definition) is 7. The van der Waals surface area contributed by atoms with E-state index < -0.39 is 29.7 Å². The molecule has 0 aromatic carbocycles. The summed E-state index contributed by atoms with van der Waals surface area (Å²) in [5, 5.41) is 7.50. The number of rotatable bonds is 12. The Morgan fingerprint density at radius 1 is 0.771 bits per heavy atom. The number of amides is 3. The third kappa shape index (κ3) is 53.4. The molecule has 3 unspecified atom stereocenters. The highest BCUT2D eigenvalue weighted by atomic mass is 31.0. The zero-order valence-electron chi connectivity index (χ0n) is 36.0. The standard InChI is InChI=1S/C14H27N4O4P.C5H10O2.C5H12.C3H8.5C2H6/c1-5-9(12(20)14(22)17-23)16-13(21)10(6-2)18(7-3)11(19)8-15-4;1-5(2,3)7-4-6;1-4-5(2)3;1-3-2;5*1-2/h9-10,15H,5-8,23H2,1-4H3,(H,16,21)(H,17,22);4H,1-3H3;5H,4H2,1-3H3;3H2,1-2H3;5*1-2H3. The molecule has 296 valence electrons. The van der Waals surface area contributed by atoms with Gasteiger partial charge in [-0.2, -0.15) is 0 Å². The number of carbonyl (C=O) groups excluding carboxylic acids is 5. The molecule has 3 amide bonds. The van der Waals surface area contributed by atoms with Crippen LogP contribution < -0.4 is 15.7 Å². The van der Waals surface area contributed by atoms with E-state index in [1.165, 1.54) is 17.7 Å². The Morgan fingerprint density at radius 2 is 1.15 bits per heavy atom. The van der Waals surface area contributed by atoms with Crippen molar-refractivity contribution >= 4 is 39.4 Å². The lowest BCUT2D eigenvalue weighted by molar-refractivity contribution is -0.142. The molecule has 10 nitrogen and oxygen atoms in total. The molecule has 3 N–H and O–H groups in total. The Kier molecular flexibility index (Phi) is 81.1. The zero-order valence-corrected chi connectivity index (χ0v) is 37.2. The molecule has 0 aliphatic rings. The van der Waals surface area contributed by atoms with E-state index in [-0.39, 0.29) is 24.5 Å². The van der Waals surface area contributed by atoms with E-state index in [1.807, 2.05) is 99.4 Å². The van der Waals surface area contributed by atoms with Gasteiger partial charge in [0.1, 0.15) is 11.6 Å². The summed E-state index contributed by atoms with van der Waals surface area (Å²) in [5.74, 6) is -1.24. The first-order chi connectivity index (χ1) is 22.6. The van der Waals surface area contributed by atoms with Crippen LogP contribution in [0.25, 0.3) is 0 Å². The van der Waals surface area contributed by atoms with E-state index in [0.717, 1.165) is 5.92 Å². The summed E-state index contributed by atoms with van der Waals surface area (Å²) in [5.41, 5.74) is -0.318. The normalized spacial score (nSPS) is 9.75. The molecule has 0 aromatic rings. The average Bonchev–Trinajstić information content (AvgIpc) is 3.10. The first-order valence-corrected chi connectivity index (χ1v) is 19.1. The van der Waals surface area contributed by atoms with E-state index in [1.54, 1.807) is 27.8 Å². The van der Waals surface area contributed by atoms with Gasteiger partial charge in [-0.1, -0.05) is 131 Å². The highest BCUT2D eigenvalue weighted by Crippen LogP contribution is 2.07. The van der Waals surface area contributed by atoms with Crippen molar-refractivity contribution in [3.8, 4) is 0 Å². The maximum absolute atomic E-state index is 12.5. The van der Waals surface area contributed by atoms with Crippen LogP contribution >= 0.6 is 9.39 Å². The molecular formula is C37H87N4O6P. The van der Waals surface area contributed by atoms with Crippen LogP contribution in [0.3, 0.4) is 0 Å². The third-order valence-electron chi connectivity index (χ3n) is 4.67. The largest absolute Gasteiger partial charge is 0.462 e. The second-order valence-electron chi connectivity index (χ2n) is 9.78. The monoisotopic (exact) mass is 715 g/mol. The van der Waals surface area contributed by atoms with Crippen molar-refractivity contribution in [3.63, 3.8) is 0 Å². The molecule has 3 atom stereocenters. The number of Topliss-reactive ketones (excluding diaryl/α,β-unsaturated/α-hetero) is 1. The predicted molar refractivity (Wildman–Crippen MR) is 215 cm³/mol. The Morgan fingerprint density at radius 3 is 1.33 bits per heavy atom. The van der Waals surface area contributed by atoms with Crippen LogP contribution in [0.5, 0.6) is 0 Å².